The van der Waals surface area contributed by atoms with Crippen LogP contribution < -0.4 is 5.32 Å². The maximum absolute atomic E-state index is 9.77. The van der Waals surface area contributed by atoms with Gasteiger partial charge in [0.15, 0.2) is 0 Å². The normalized spacial score (nSPS) is 41.1. The van der Waals surface area contributed by atoms with E-state index in [9.17, 15) is 5.26 Å². The molecule has 118 valence electrons. The predicted molar refractivity (Wildman–Crippen MR) is 85.9 cm³/mol. The van der Waals surface area contributed by atoms with Gasteiger partial charge < -0.3 is 4.90 Å². The second kappa shape index (κ2) is 6.26. The van der Waals surface area contributed by atoms with Crippen molar-refractivity contribution in [1.29, 1.82) is 5.26 Å². The third-order valence-electron chi connectivity index (χ3n) is 6.07. The Morgan fingerprint density at radius 2 is 2.00 bits per heavy atom. The number of nitrogens with zero attached hydrogens (tertiary/aromatic N) is 2. The minimum atomic E-state index is -0.203. The first-order valence-corrected chi connectivity index (χ1v) is 9.06. The zero-order valence-electron chi connectivity index (χ0n) is 13.8. The molecule has 3 aliphatic rings. The number of piperidine rings is 1. The molecule has 3 heteroatoms. The molecule has 0 bridgehead atoms. The summed E-state index contributed by atoms with van der Waals surface area (Å²) in [5, 5.41) is 13.5. The molecule has 2 aliphatic carbocycles. The van der Waals surface area contributed by atoms with E-state index in [0.717, 1.165) is 18.4 Å². The Balaban J connectivity index is 1.56. The monoisotopic (exact) mass is 289 g/mol. The maximum atomic E-state index is 9.77. The summed E-state index contributed by atoms with van der Waals surface area (Å²) in [5.41, 5.74) is -0.203. The quantitative estimate of drug-likeness (QED) is 0.844. The molecule has 1 N–H and O–H groups in total. The van der Waals surface area contributed by atoms with Gasteiger partial charge in [-0.1, -0.05) is 13.3 Å². The summed E-state index contributed by atoms with van der Waals surface area (Å²) in [6, 6.07) is 4.05. The smallest absolute Gasteiger partial charge is 0.109 e. The highest BCUT2D eigenvalue weighted by Crippen LogP contribution is 2.40. The van der Waals surface area contributed by atoms with Crippen LogP contribution in [0.2, 0.25) is 0 Å². The van der Waals surface area contributed by atoms with Crippen molar-refractivity contribution in [3.8, 4) is 6.07 Å². The largest absolute Gasteiger partial charge is 0.300 e. The zero-order chi connectivity index (χ0) is 14.9. The van der Waals surface area contributed by atoms with E-state index >= 15 is 0 Å². The van der Waals surface area contributed by atoms with Crippen LogP contribution >= 0.6 is 0 Å². The number of nitriles is 1. The average molecular weight is 289 g/mol. The lowest BCUT2D eigenvalue weighted by Crippen LogP contribution is -2.49. The van der Waals surface area contributed by atoms with Crippen LogP contribution in [0, 0.1) is 23.2 Å². The summed E-state index contributed by atoms with van der Waals surface area (Å²) >= 11 is 0. The molecule has 0 spiro atoms. The standard InChI is InChI=1S/C18H31N3/c1-14-5-6-15(2)21(12-14)11-9-16-4-3-10-18(16,13-19)20-17-7-8-17/h14-17,20H,3-12H2,1-2H3. The van der Waals surface area contributed by atoms with Gasteiger partial charge in [0.2, 0.25) is 0 Å². The van der Waals surface area contributed by atoms with E-state index < -0.39 is 0 Å². The van der Waals surface area contributed by atoms with E-state index in [1.165, 1.54) is 58.0 Å². The van der Waals surface area contributed by atoms with Crippen molar-refractivity contribution < 1.29 is 0 Å². The summed E-state index contributed by atoms with van der Waals surface area (Å²) in [7, 11) is 0. The highest BCUT2D eigenvalue weighted by atomic mass is 15.2. The Bertz CT molecular complexity index is 398. The van der Waals surface area contributed by atoms with Crippen molar-refractivity contribution in [2.24, 2.45) is 11.8 Å². The number of hydrogen-bond acceptors (Lipinski definition) is 3. The van der Waals surface area contributed by atoms with Crippen molar-refractivity contribution in [2.75, 3.05) is 13.1 Å². The van der Waals surface area contributed by atoms with E-state index in [1.807, 2.05) is 0 Å². The Kier molecular flexibility index (Phi) is 4.57. The maximum Gasteiger partial charge on any atom is 0.109 e. The molecule has 1 heterocycles. The fourth-order valence-corrected chi connectivity index (χ4v) is 4.44. The molecule has 3 rings (SSSR count). The first kappa shape index (κ1) is 15.3. The van der Waals surface area contributed by atoms with Crippen LogP contribution in [0.4, 0.5) is 0 Å². The Morgan fingerprint density at radius 1 is 1.19 bits per heavy atom. The average Bonchev–Trinajstić information content (AvgIpc) is 3.19. The first-order chi connectivity index (χ1) is 10.1. The zero-order valence-corrected chi connectivity index (χ0v) is 13.8. The summed E-state index contributed by atoms with van der Waals surface area (Å²) in [5.74, 6) is 1.41. The lowest BCUT2D eigenvalue weighted by molar-refractivity contribution is 0.112. The van der Waals surface area contributed by atoms with Crippen molar-refractivity contribution >= 4 is 0 Å². The molecule has 3 nitrogen and oxygen atoms in total. The highest BCUT2D eigenvalue weighted by molar-refractivity contribution is 5.16. The third kappa shape index (κ3) is 3.43. The predicted octanol–water partition coefficient (Wildman–Crippen LogP) is 3.31. The van der Waals surface area contributed by atoms with Crippen LogP contribution in [0.1, 0.15) is 65.2 Å². The van der Waals surface area contributed by atoms with E-state index in [1.54, 1.807) is 0 Å². The highest BCUT2D eigenvalue weighted by Gasteiger charge is 2.46. The summed E-state index contributed by atoms with van der Waals surface area (Å²) in [4.78, 5) is 2.67. The van der Waals surface area contributed by atoms with Gasteiger partial charge >= 0.3 is 0 Å². The topological polar surface area (TPSA) is 39.1 Å². The molecule has 0 aromatic carbocycles. The molecule has 0 amide bonds. The van der Waals surface area contributed by atoms with Gasteiger partial charge in [0.25, 0.3) is 0 Å². The van der Waals surface area contributed by atoms with Crippen LogP contribution in [-0.4, -0.2) is 35.6 Å². The number of rotatable bonds is 5. The van der Waals surface area contributed by atoms with Gasteiger partial charge in [-0.2, -0.15) is 5.26 Å². The molecular weight excluding hydrogens is 258 g/mol. The van der Waals surface area contributed by atoms with Gasteiger partial charge in [0.1, 0.15) is 5.54 Å². The van der Waals surface area contributed by atoms with Crippen molar-refractivity contribution in [2.45, 2.75) is 82.8 Å². The lowest BCUT2D eigenvalue weighted by atomic mass is 9.85. The van der Waals surface area contributed by atoms with E-state index in [2.05, 4.69) is 30.1 Å². The number of likely N-dealkylation sites (tertiary alicyclic amines) is 1. The molecular formula is C18H31N3. The molecule has 4 unspecified atom stereocenters. The van der Waals surface area contributed by atoms with Crippen LogP contribution in [0.15, 0.2) is 0 Å². The second-order valence-corrected chi connectivity index (χ2v) is 7.91. The van der Waals surface area contributed by atoms with Gasteiger partial charge in [-0.25, -0.2) is 0 Å². The summed E-state index contributed by atoms with van der Waals surface area (Å²) < 4.78 is 0. The van der Waals surface area contributed by atoms with Crippen LogP contribution in [0.5, 0.6) is 0 Å². The molecule has 1 aliphatic heterocycles. The molecule has 21 heavy (non-hydrogen) atoms. The Hall–Kier alpha value is -0.590. The minimum Gasteiger partial charge on any atom is -0.300 e. The minimum absolute atomic E-state index is 0.203. The first-order valence-electron chi connectivity index (χ1n) is 9.06. The third-order valence-corrected chi connectivity index (χ3v) is 6.07. The fourth-order valence-electron chi connectivity index (χ4n) is 4.44. The molecule has 0 aromatic rings. The van der Waals surface area contributed by atoms with E-state index in [0.29, 0.717) is 12.0 Å². The molecule has 2 saturated carbocycles. The van der Waals surface area contributed by atoms with Crippen LogP contribution in [0.3, 0.4) is 0 Å². The molecule has 0 aromatic heterocycles. The second-order valence-electron chi connectivity index (χ2n) is 7.91. The van der Waals surface area contributed by atoms with E-state index in [-0.39, 0.29) is 5.54 Å². The Morgan fingerprint density at radius 3 is 2.71 bits per heavy atom. The van der Waals surface area contributed by atoms with Gasteiger partial charge in [-0.15, -0.1) is 0 Å². The summed E-state index contributed by atoms with van der Waals surface area (Å²) in [6.45, 7) is 7.19. The Labute approximate surface area is 130 Å². The van der Waals surface area contributed by atoms with Crippen LogP contribution in [0.25, 0.3) is 0 Å². The van der Waals surface area contributed by atoms with Gasteiger partial charge in [-0.05, 0) is 70.3 Å². The fraction of sp³-hybridized carbons (Fsp3) is 0.944. The van der Waals surface area contributed by atoms with E-state index in [4.69, 9.17) is 0 Å². The van der Waals surface area contributed by atoms with Gasteiger partial charge in [-0.3, -0.25) is 5.32 Å². The van der Waals surface area contributed by atoms with Crippen molar-refractivity contribution in [1.82, 2.24) is 10.2 Å². The molecule has 1 saturated heterocycles. The molecule has 4 atom stereocenters. The van der Waals surface area contributed by atoms with Crippen LogP contribution in [-0.2, 0) is 0 Å². The van der Waals surface area contributed by atoms with Gasteiger partial charge in [0.05, 0.1) is 6.07 Å². The van der Waals surface area contributed by atoms with Gasteiger partial charge in [0, 0.05) is 18.6 Å². The lowest BCUT2D eigenvalue weighted by Gasteiger charge is -2.38. The SMILES string of the molecule is CC1CCC(C)N(CCC2CCCC2(C#N)NC2CC2)C1. The number of nitrogens with one attached hydrogen (secondary N) is 1. The van der Waals surface area contributed by atoms with Crippen molar-refractivity contribution in [3.63, 3.8) is 0 Å². The molecule has 3 fully saturated rings. The summed E-state index contributed by atoms with van der Waals surface area (Å²) in [6.07, 6.45) is 10.0. The number of hydrogen-bond donors (Lipinski definition) is 1. The van der Waals surface area contributed by atoms with Crippen molar-refractivity contribution in [3.05, 3.63) is 0 Å². The molecule has 0 radical (unpaired) electrons.